The van der Waals surface area contributed by atoms with Gasteiger partial charge in [-0.2, -0.15) is 0 Å². The van der Waals surface area contributed by atoms with E-state index in [-0.39, 0.29) is 22.5 Å². The Morgan fingerprint density at radius 2 is 2.00 bits per heavy atom. The number of pyridine rings is 1. The van der Waals surface area contributed by atoms with E-state index >= 15 is 0 Å². The molecular weight excluding hydrogens is 450 g/mol. The van der Waals surface area contributed by atoms with Crippen LogP contribution in [0.25, 0.3) is 33.1 Å². The van der Waals surface area contributed by atoms with Gasteiger partial charge in [0.25, 0.3) is 0 Å². The summed E-state index contributed by atoms with van der Waals surface area (Å²) in [5, 5.41) is 1.79. The van der Waals surface area contributed by atoms with Crippen molar-refractivity contribution in [2.75, 3.05) is 24.8 Å². The lowest BCUT2D eigenvalue weighted by molar-refractivity contribution is -0.119. The molecule has 7 nitrogen and oxygen atoms in total. The summed E-state index contributed by atoms with van der Waals surface area (Å²) in [7, 11) is -0.0325. The number of carbonyl (C=O) groups excluding carboxylic acids is 1. The van der Waals surface area contributed by atoms with E-state index in [0.29, 0.717) is 17.1 Å². The topological polar surface area (TPSA) is 92.4 Å². The highest BCUT2D eigenvalue weighted by Crippen LogP contribution is 2.46. The second-order valence-electron chi connectivity index (χ2n) is 8.86. The molecule has 2 aromatic carbocycles. The van der Waals surface area contributed by atoms with Crippen LogP contribution in [0.2, 0.25) is 0 Å². The molecule has 1 aliphatic rings. The molecule has 2 heterocycles. The number of rotatable bonds is 6. The fourth-order valence-electron chi connectivity index (χ4n) is 4.46. The summed E-state index contributed by atoms with van der Waals surface area (Å²) in [6.45, 7) is 3.62. The van der Waals surface area contributed by atoms with Gasteiger partial charge in [0.1, 0.15) is 5.65 Å². The minimum atomic E-state index is -3.38. The van der Waals surface area contributed by atoms with Gasteiger partial charge in [0.2, 0.25) is 5.91 Å². The molecule has 1 aliphatic carbocycles. The molecule has 4 aromatic rings. The molecule has 0 spiro atoms. The Morgan fingerprint density at radius 3 is 2.68 bits per heavy atom. The number of anilines is 1. The van der Waals surface area contributed by atoms with Gasteiger partial charge >= 0.3 is 0 Å². The van der Waals surface area contributed by atoms with E-state index in [1.165, 1.54) is 0 Å². The summed E-state index contributed by atoms with van der Waals surface area (Å²) >= 11 is 0. The number of aromatic nitrogens is 2. The van der Waals surface area contributed by atoms with Crippen LogP contribution in [-0.4, -0.2) is 44.2 Å². The number of amides is 1. The number of aromatic amines is 1. The van der Waals surface area contributed by atoms with Crippen molar-refractivity contribution in [3.63, 3.8) is 0 Å². The molecular formula is C26H27N3O4S. The van der Waals surface area contributed by atoms with Gasteiger partial charge in [0.05, 0.1) is 29.0 Å². The first-order valence-corrected chi connectivity index (χ1v) is 13.0. The predicted octanol–water partition coefficient (Wildman–Crippen LogP) is 4.87. The Hall–Kier alpha value is -3.39. The average Bonchev–Trinajstić information content (AvgIpc) is 3.63. The summed E-state index contributed by atoms with van der Waals surface area (Å²) in [4.78, 5) is 22.8. The maximum atomic E-state index is 13.0. The number of aryl methyl sites for hydroxylation is 1. The number of nitrogens with zero attached hydrogens (tertiary/aromatic N) is 2. The van der Waals surface area contributed by atoms with Crippen molar-refractivity contribution in [2.24, 2.45) is 5.92 Å². The maximum Gasteiger partial charge on any atom is 0.229 e. The Kier molecular flexibility index (Phi) is 5.36. The van der Waals surface area contributed by atoms with E-state index in [1.54, 1.807) is 50.4 Å². The summed E-state index contributed by atoms with van der Waals surface area (Å²) < 4.78 is 31.1. The number of hydrogen-bond acceptors (Lipinski definition) is 5. The van der Waals surface area contributed by atoms with E-state index in [9.17, 15) is 13.2 Å². The van der Waals surface area contributed by atoms with Gasteiger partial charge in [-0.15, -0.1) is 0 Å². The van der Waals surface area contributed by atoms with E-state index < -0.39 is 9.84 Å². The molecule has 0 saturated heterocycles. The van der Waals surface area contributed by atoms with Crippen molar-refractivity contribution in [3.8, 4) is 16.9 Å². The number of carbonyl (C=O) groups is 1. The third-order valence-electron chi connectivity index (χ3n) is 6.50. The van der Waals surface area contributed by atoms with Gasteiger partial charge in [-0.3, -0.25) is 4.79 Å². The van der Waals surface area contributed by atoms with Gasteiger partial charge in [-0.05, 0) is 60.7 Å². The van der Waals surface area contributed by atoms with Crippen molar-refractivity contribution < 1.29 is 17.9 Å². The van der Waals surface area contributed by atoms with Crippen molar-refractivity contribution in [2.45, 2.75) is 31.6 Å². The van der Waals surface area contributed by atoms with Crippen molar-refractivity contribution in [3.05, 3.63) is 48.2 Å². The van der Waals surface area contributed by atoms with E-state index in [1.807, 2.05) is 19.1 Å². The second kappa shape index (κ2) is 8.13. The molecule has 0 aliphatic heterocycles. The van der Waals surface area contributed by atoms with Crippen LogP contribution in [0.15, 0.2) is 47.5 Å². The molecule has 1 fully saturated rings. The van der Waals surface area contributed by atoms with Crippen LogP contribution in [0.5, 0.6) is 5.75 Å². The van der Waals surface area contributed by atoms with Crippen LogP contribution in [0.3, 0.4) is 0 Å². The minimum absolute atomic E-state index is 0.0224. The fraction of sp³-hybridized carbons (Fsp3) is 0.308. The smallest absolute Gasteiger partial charge is 0.229 e. The number of sulfone groups is 1. The number of benzene rings is 2. The zero-order valence-electron chi connectivity index (χ0n) is 19.7. The Morgan fingerprint density at radius 1 is 1.24 bits per heavy atom. The maximum absolute atomic E-state index is 13.0. The number of H-pyrrole nitrogens is 1. The predicted molar refractivity (Wildman–Crippen MR) is 134 cm³/mol. The molecule has 8 heteroatoms. The molecule has 1 N–H and O–H groups in total. The van der Waals surface area contributed by atoms with Crippen molar-refractivity contribution >= 4 is 43.4 Å². The Bertz CT molecular complexity index is 1550. The molecule has 34 heavy (non-hydrogen) atoms. The summed E-state index contributed by atoms with van der Waals surface area (Å²) in [6, 6.07) is 10.9. The SMILES string of the molecule is CCS(=O)(=O)c1cccc(-c2cc(N(C)C(=O)C3CC3)c(OC)c3[nH]c4ncc(C)cc4c23)c1. The molecule has 0 atom stereocenters. The molecule has 0 unspecified atom stereocenters. The fourth-order valence-corrected chi connectivity index (χ4v) is 5.38. The lowest BCUT2D eigenvalue weighted by atomic mass is 9.97. The first kappa shape index (κ1) is 22.4. The second-order valence-corrected chi connectivity index (χ2v) is 11.1. The van der Waals surface area contributed by atoms with Gasteiger partial charge < -0.3 is 14.6 Å². The quantitative estimate of drug-likeness (QED) is 0.428. The zero-order chi connectivity index (χ0) is 24.2. The zero-order valence-corrected chi connectivity index (χ0v) is 20.5. The van der Waals surface area contributed by atoms with Crippen LogP contribution in [0.4, 0.5) is 5.69 Å². The molecule has 0 bridgehead atoms. The van der Waals surface area contributed by atoms with E-state index in [0.717, 1.165) is 45.8 Å². The highest BCUT2D eigenvalue weighted by atomic mass is 32.2. The highest BCUT2D eigenvalue weighted by molar-refractivity contribution is 7.91. The third kappa shape index (κ3) is 3.62. The van der Waals surface area contributed by atoms with E-state index in [2.05, 4.69) is 16.0 Å². The lowest BCUT2D eigenvalue weighted by Crippen LogP contribution is -2.28. The lowest BCUT2D eigenvalue weighted by Gasteiger charge is -2.22. The number of nitrogens with one attached hydrogen (secondary N) is 1. The molecule has 1 amide bonds. The highest BCUT2D eigenvalue weighted by Gasteiger charge is 2.34. The number of methoxy groups -OCH3 is 1. The number of ether oxygens (including phenoxy) is 1. The Labute approximate surface area is 198 Å². The molecule has 0 radical (unpaired) electrons. The summed E-state index contributed by atoms with van der Waals surface area (Å²) in [5.74, 6) is 0.673. The summed E-state index contributed by atoms with van der Waals surface area (Å²) in [5.41, 5.74) is 4.62. The standard InChI is InChI=1S/C26H27N3O4S/c1-5-34(31,32)18-8-6-7-17(12-18)19-13-21(29(3)26(30)16-9-10-16)24(33-4)23-22(19)20-11-15(2)14-27-25(20)28-23/h6-8,11-14,16H,5,9-10H2,1-4H3,(H,27,28). The minimum Gasteiger partial charge on any atom is -0.492 e. The van der Waals surface area contributed by atoms with Crippen molar-refractivity contribution in [1.29, 1.82) is 0 Å². The first-order chi connectivity index (χ1) is 16.2. The largest absolute Gasteiger partial charge is 0.492 e. The third-order valence-corrected chi connectivity index (χ3v) is 8.24. The van der Waals surface area contributed by atoms with Gasteiger partial charge in [-0.1, -0.05) is 19.1 Å². The van der Waals surface area contributed by atoms with Crippen molar-refractivity contribution in [1.82, 2.24) is 9.97 Å². The van der Waals surface area contributed by atoms with Crippen LogP contribution >= 0.6 is 0 Å². The summed E-state index contributed by atoms with van der Waals surface area (Å²) in [6.07, 6.45) is 3.59. The van der Waals surface area contributed by atoms with Crippen LogP contribution in [0, 0.1) is 12.8 Å². The van der Waals surface area contributed by atoms with Gasteiger partial charge in [0, 0.05) is 29.9 Å². The number of hydrogen-bond donors (Lipinski definition) is 1. The molecule has 5 rings (SSSR count). The molecule has 1 saturated carbocycles. The van der Waals surface area contributed by atoms with E-state index in [4.69, 9.17) is 4.74 Å². The van der Waals surface area contributed by atoms with Crippen LogP contribution in [-0.2, 0) is 14.6 Å². The molecule has 176 valence electrons. The number of fused-ring (bicyclic) bond motifs is 3. The van der Waals surface area contributed by atoms with Crippen LogP contribution < -0.4 is 9.64 Å². The average molecular weight is 478 g/mol. The van der Waals surface area contributed by atoms with Gasteiger partial charge in [-0.25, -0.2) is 13.4 Å². The Balaban J connectivity index is 1.86. The monoisotopic (exact) mass is 477 g/mol. The normalized spacial score (nSPS) is 14.0. The van der Waals surface area contributed by atoms with Crippen LogP contribution in [0.1, 0.15) is 25.3 Å². The molecule has 2 aromatic heterocycles. The first-order valence-electron chi connectivity index (χ1n) is 11.3. The van der Waals surface area contributed by atoms with Gasteiger partial charge in [0.15, 0.2) is 15.6 Å².